The van der Waals surface area contributed by atoms with Crippen molar-refractivity contribution in [3.63, 3.8) is 0 Å². The van der Waals surface area contributed by atoms with E-state index >= 15 is 0 Å². The molecule has 0 N–H and O–H groups in total. The van der Waals surface area contributed by atoms with Crippen LogP contribution in [-0.2, 0) is 6.18 Å². The fourth-order valence-corrected chi connectivity index (χ4v) is 3.32. The molecule has 4 rings (SSSR count). The van der Waals surface area contributed by atoms with Crippen LogP contribution in [0.1, 0.15) is 17.0 Å². The van der Waals surface area contributed by atoms with Gasteiger partial charge in [0, 0.05) is 41.7 Å². The highest BCUT2D eigenvalue weighted by atomic mass is 35.5. The summed E-state index contributed by atoms with van der Waals surface area (Å²) in [6.45, 7) is 0. The fourth-order valence-electron chi connectivity index (χ4n) is 3.02. The molecule has 1 aromatic heterocycles. The number of halogens is 4. The van der Waals surface area contributed by atoms with Crippen molar-refractivity contribution >= 4 is 29.3 Å². The predicted molar refractivity (Wildman–Crippen MR) is 96.1 cm³/mol. The lowest BCUT2D eigenvalue weighted by Crippen LogP contribution is -2.09. The highest BCUT2D eigenvalue weighted by Gasteiger charge is 2.35. The van der Waals surface area contributed by atoms with Crippen LogP contribution in [0.25, 0.3) is 5.69 Å². The number of nitrogens with zero attached hydrogens (tertiary/aromatic N) is 5. The number of aliphatic imine (C=N–C) groups is 2. The van der Waals surface area contributed by atoms with Gasteiger partial charge in [0.1, 0.15) is 0 Å². The Morgan fingerprint density at radius 1 is 1.29 bits per heavy atom. The first-order chi connectivity index (χ1) is 13.3. The number of hydrogen-bond acceptors (Lipinski definition) is 5. The Balaban J connectivity index is 1.78. The average Bonchev–Trinajstić information content (AvgIpc) is 3.29. The van der Waals surface area contributed by atoms with Crippen molar-refractivity contribution in [2.45, 2.75) is 12.1 Å². The van der Waals surface area contributed by atoms with Crippen LogP contribution < -0.4 is 0 Å². The molecule has 1 unspecified atom stereocenters. The molecule has 0 spiro atoms. The number of aromatic nitrogens is 2. The number of alkyl halides is 3. The summed E-state index contributed by atoms with van der Waals surface area (Å²) in [6.07, 6.45) is 4.97. The number of allylic oxidation sites excluding steroid dienone is 2. The van der Waals surface area contributed by atoms with Gasteiger partial charge in [-0.15, -0.1) is 0 Å². The smallest absolute Gasteiger partial charge is 0.258 e. The Kier molecular flexibility index (Phi) is 4.15. The molecule has 28 heavy (non-hydrogen) atoms. The number of rotatable bonds is 3. The van der Waals surface area contributed by atoms with Crippen molar-refractivity contribution < 1.29 is 18.1 Å². The third-order valence-electron chi connectivity index (χ3n) is 4.28. The second kappa shape index (κ2) is 6.41. The van der Waals surface area contributed by atoms with Gasteiger partial charge in [-0.05, 0) is 12.1 Å². The number of hydrogen-bond donors (Lipinski definition) is 0. The van der Waals surface area contributed by atoms with E-state index in [1.807, 2.05) is 0 Å². The molecule has 11 heteroatoms. The average molecular weight is 408 g/mol. The SMILES string of the molecule is O=[N+]([O-])c1cc(C(F)(F)F)cc(Cl)c1-n1cc(C2C=CN=C3N=CC=C32)cn1. The lowest BCUT2D eigenvalue weighted by molar-refractivity contribution is -0.384. The summed E-state index contributed by atoms with van der Waals surface area (Å²) >= 11 is 5.97. The summed E-state index contributed by atoms with van der Waals surface area (Å²) in [5.41, 5.74) is -0.749. The molecule has 0 aliphatic carbocycles. The van der Waals surface area contributed by atoms with Crippen molar-refractivity contribution in [2.24, 2.45) is 9.98 Å². The number of fused-ring (bicyclic) bond motifs is 1. The first-order valence-electron chi connectivity index (χ1n) is 7.85. The predicted octanol–water partition coefficient (Wildman–Crippen LogP) is 4.47. The molecule has 0 saturated heterocycles. The van der Waals surface area contributed by atoms with E-state index in [1.54, 1.807) is 24.6 Å². The lowest BCUT2D eigenvalue weighted by Gasteiger charge is -2.15. The Labute approximate surface area is 160 Å². The molecule has 0 amide bonds. The highest BCUT2D eigenvalue weighted by Crippen LogP contribution is 2.39. The van der Waals surface area contributed by atoms with Gasteiger partial charge in [-0.25, -0.2) is 14.7 Å². The van der Waals surface area contributed by atoms with Crippen molar-refractivity contribution in [1.82, 2.24) is 9.78 Å². The summed E-state index contributed by atoms with van der Waals surface area (Å²) in [5, 5.41) is 15.0. The largest absolute Gasteiger partial charge is 0.416 e. The molecule has 0 fully saturated rings. The van der Waals surface area contributed by atoms with Gasteiger partial charge in [-0.1, -0.05) is 17.7 Å². The molecule has 3 heterocycles. The standard InChI is InChI=1S/C17H9ClF3N5O2/c18-13-5-10(17(19,20)21)6-14(26(27)28)15(13)25-8-9(7-24-25)11-1-3-22-16-12(11)2-4-23-16/h1-8,11H. The number of nitro benzene ring substituents is 1. The van der Waals surface area contributed by atoms with Crippen LogP contribution >= 0.6 is 11.6 Å². The fraction of sp³-hybridized carbons (Fsp3) is 0.118. The maximum absolute atomic E-state index is 13.0. The summed E-state index contributed by atoms with van der Waals surface area (Å²) in [4.78, 5) is 18.7. The molecular formula is C17H9ClF3N5O2. The topological polar surface area (TPSA) is 85.7 Å². The summed E-state index contributed by atoms with van der Waals surface area (Å²) < 4.78 is 40.0. The third-order valence-corrected chi connectivity index (χ3v) is 4.57. The van der Waals surface area contributed by atoms with E-state index in [2.05, 4.69) is 15.1 Å². The molecule has 2 aromatic rings. The zero-order valence-electron chi connectivity index (χ0n) is 13.8. The minimum absolute atomic E-state index is 0.240. The van der Waals surface area contributed by atoms with Crippen LogP contribution in [0.5, 0.6) is 0 Å². The van der Waals surface area contributed by atoms with E-state index in [0.717, 1.165) is 10.3 Å². The minimum atomic E-state index is -4.76. The molecule has 2 aliphatic rings. The minimum Gasteiger partial charge on any atom is -0.258 e. The van der Waals surface area contributed by atoms with Gasteiger partial charge >= 0.3 is 6.18 Å². The van der Waals surface area contributed by atoms with E-state index in [1.165, 1.54) is 12.4 Å². The molecule has 0 saturated carbocycles. The van der Waals surface area contributed by atoms with E-state index in [9.17, 15) is 23.3 Å². The Hall–Kier alpha value is -3.27. The first-order valence-corrected chi connectivity index (χ1v) is 8.22. The lowest BCUT2D eigenvalue weighted by atomic mass is 9.91. The van der Waals surface area contributed by atoms with E-state index in [-0.39, 0.29) is 11.6 Å². The Bertz CT molecular complexity index is 1110. The highest BCUT2D eigenvalue weighted by molar-refractivity contribution is 6.33. The van der Waals surface area contributed by atoms with Crippen LogP contribution in [0.15, 0.2) is 58.4 Å². The van der Waals surface area contributed by atoms with Gasteiger partial charge in [0.2, 0.25) is 0 Å². The van der Waals surface area contributed by atoms with Crippen molar-refractivity contribution in [3.8, 4) is 5.69 Å². The first kappa shape index (κ1) is 18.1. The normalized spacial score (nSPS) is 18.1. The molecular weight excluding hydrogens is 399 g/mol. The molecule has 0 radical (unpaired) electrons. The summed E-state index contributed by atoms with van der Waals surface area (Å²) in [7, 11) is 0. The van der Waals surface area contributed by atoms with E-state index in [0.29, 0.717) is 23.5 Å². The second-order valence-corrected chi connectivity index (χ2v) is 6.38. The van der Waals surface area contributed by atoms with Crippen LogP contribution in [0.3, 0.4) is 0 Å². The number of benzene rings is 1. The van der Waals surface area contributed by atoms with E-state index < -0.39 is 27.4 Å². The van der Waals surface area contributed by atoms with Crippen LogP contribution in [0, 0.1) is 10.1 Å². The Morgan fingerprint density at radius 2 is 2.07 bits per heavy atom. The maximum Gasteiger partial charge on any atom is 0.416 e. The van der Waals surface area contributed by atoms with Gasteiger partial charge in [0.15, 0.2) is 11.5 Å². The maximum atomic E-state index is 13.0. The number of amidine groups is 1. The van der Waals surface area contributed by atoms with Gasteiger partial charge in [0.05, 0.1) is 21.7 Å². The van der Waals surface area contributed by atoms with Crippen LogP contribution in [0.2, 0.25) is 5.02 Å². The van der Waals surface area contributed by atoms with Gasteiger partial charge in [-0.2, -0.15) is 18.3 Å². The Morgan fingerprint density at radius 3 is 2.79 bits per heavy atom. The van der Waals surface area contributed by atoms with Crippen molar-refractivity contribution in [1.29, 1.82) is 0 Å². The molecule has 2 aliphatic heterocycles. The third kappa shape index (κ3) is 3.01. The zero-order valence-corrected chi connectivity index (χ0v) is 14.5. The summed E-state index contributed by atoms with van der Waals surface area (Å²) in [6, 6.07) is 1.09. The summed E-state index contributed by atoms with van der Waals surface area (Å²) in [5.74, 6) is 0.315. The molecule has 1 atom stereocenters. The molecule has 0 bridgehead atoms. The van der Waals surface area contributed by atoms with Gasteiger partial charge in [0.25, 0.3) is 5.69 Å². The van der Waals surface area contributed by atoms with E-state index in [4.69, 9.17) is 11.6 Å². The zero-order chi connectivity index (χ0) is 20.1. The quantitative estimate of drug-likeness (QED) is 0.555. The van der Waals surface area contributed by atoms with Gasteiger partial charge < -0.3 is 0 Å². The van der Waals surface area contributed by atoms with Crippen molar-refractivity contribution in [3.05, 3.63) is 74.7 Å². The van der Waals surface area contributed by atoms with Gasteiger partial charge in [-0.3, -0.25) is 10.1 Å². The van der Waals surface area contributed by atoms with Crippen LogP contribution in [0.4, 0.5) is 18.9 Å². The van der Waals surface area contributed by atoms with Crippen molar-refractivity contribution in [2.75, 3.05) is 0 Å². The molecule has 1 aromatic carbocycles. The number of nitro groups is 1. The monoisotopic (exact) mass is 407 g/mol. The second-order valence-electron chi connectivity index (χ2n) is 5.97. The molecule has 142 valence electrons. The van der Waals surface area contributed by atoms with Crippen LogP contribution in [-0.4, -0.2) is 26.8 Å². The molecule has 7 nitrogen and oxygen atoms in total.